The van der Waals surface area contributed by atoms with E-state index in [1.54, 1.807) is 4.52 Å². The Morgan fingerprint density at radius 3 is 2.41 bits per heavy atom. The predicted octanol–water partition coefficient (Wildman–Crippen LogP) is 3.77. The Labute approximate surface area is 128 Å². The molecule has 0 aliphatic carbocycles. The maximum Gasteiger partial charge on any atom is 0.253 e. The van der Waals surface area contributed by atoms with Crippen LogP contribution in [0.4, 0.5) is 0 Å². The summed E-state index contributed by atoms with van der Waals surface area (Å²) in [6, 6.07) is 20.6. The Morgan fingerprint density at radius 1 is 0.864 bits per heavy atom. The summed E-state index contributed by atoms with van der Waals surface area (Å²) in [7, 11) is 0. The Kier molecular flexibility index (Phi) is 2.93. The highest BCUT2D eigenvalue weighted by atomic mass is 15.3. The van der Waals surface area contributed by atoms with Gasteiger partial charge in [-0.2, -0.15) is 14.6 Å². The minimum atomic E-state index is 0.608. The molecule has 22 heavy (non-hydrogen) atoms. The van der Waals surface area contributed by atoms with Crippen LogP contribution in [0.15, 0.2) is 67.0 Å². The third kappa shape index (κ3) is 2.15. The Balaban J connectivity index is 1.97. The molecule has 0 saturated carbocycles. The summed E-state index contributed by atoms with van der Waals surface area (Å²) < 4.78 is 1.77. The molecule has 0 unspecified atom stereocenters. The fraction of sp³-hybridized carbons (Fsp3) is 0.0556. The van der Waals surface area contributed by atoms with Crippen LogP contribution >= 0.6 is 0 Å². The zero-order chi connectivity index (χ0) is 14.9. The van der Waals surface area contributed by atoms with Gasteiger partial charge in [0.15, 0.2) is 0 Å². The van der Waals surface area contributed by atoms with Crippen molar-refractivity contribution in [2.75, 3.05) is 0 Å². The van der Waals surface area contributed by atoms with Crippen molar-refractivity contribution in [1.29, 1.82) is 0 Å². The highest BCUT2D eigenvalue weighted by Gasteiger charge is 2.10. The van der Waals surface area contributed by atoms with E-state index in [0.717, 1.165) is 22.5 Å². The number of benzene rings is 2. The lowest BCUT2D eigenvalue weighted by atomic mass is 10.1. The van der Waals surface area contributed by atoms with E-state index in [-0.39, 0.29) is 0 Å². The van der Waals surface area contributed by atoms with Gasteiger partial charge in [0, 0.05) is 11.1 Å². The molecular weight excluding hydrogens is 272 g/mol. The molecule has 0 N–H and O–H groups in total. The van der Waals surface area contributed by atoms with Crippen LogP contribution in [-0.2, 0) is 0 Å². The Morgan fingerprint density at radius 2 is 1.64 bits per heavy atom. The van der Waals surface area contributed by atoms with Gasteiger partial charge in [0.25, 0.3) is 5.78 Å². The normalized spacial score (nSPS) is 11.0. The first-order chi connectivity index (χ1) is 10.8. The molecule has 106 valence electrons. The van der Waals surface area contributed by atoms with Gasteiger partial charge in [-0.3, -0.25) is 0 Å². The summed E-state index contributed by atoms with van der Waals surface area (Å²) in [5.41, 5.74) is 5.29. The van der Waals surface area contributed by atoms with Gasteiger partial charge in [-0.25, -0.2) is 4.98 Å². The molecule has 0 fully saturated rings. The fourth-order valence-corrected chi connectivity index (χ4v) is 2.50. The molecular formula is C18H14N4. The number of hydrogen-bond donors (Lipinski definition) is 0. The molecule has 0 aliphatic heterocycles. The van der Waals surface area contributed by atoms with Crippen LogP contribution in [0.3, 0.4) is 0 Å². The monoisotopic (exact) mass is 286 g/mol. The van der Waals surface area contributed by atoms with E-state index >= 15 is 0 Å². The van der Waals surface area contributed by atoms with E-state index in [1.165, 1.54) is 11.9 Å². The first-order valence-electron chi connectivity index (χ1n) is 7.14. The van der Waals surface area contributed by atoms with Gasteiger partial charge in [0.2, 0.25) is 0 Å². The third-order valence-corrected chi connectivity index (χ3v) is 3.67. The van der Waals surface area contributed by atoms with Crippen molar-refractivity contribution in [3.63, 3.8) is 0 Å². The van der Waals surface area contributed by atoms with Crippen LogP contribution in [0.2, 0.25) is 0 Å². The molecule has 0 aliphatic rings. The maximum atomic E-state index is 4.60. The minimum absolute atomic E-state index is 0.608. The number of hydrogen-bond acceptors (Lipinski definition) is 3. The lowest BCUT2D eigenvalue weighted by Crippen LogP contribution is -1.98. The van der Waals surface area contributed by atoms with Crippen LogP contribution in [0, 0.1) is 6.92 Å². The number of nitrogens with zero attached hydrogens (tertiary/aromatic N) is 4. The van der Waals surface area contributed by atoms with Crippen LogP contribution in [0.25, 0.3) is 28.3 Å². The van der Waals surface area contributed by atoms with Gasteiger partial charge in [0.1, 0.15) is 6.33 Å². The van der Waals surface area contributed by atoms with Gasteiger partial charge >= 0.3 is 0 Å². The molecule has 4 rings (SSSR count). The molecule has 0 amide bonds. The molecule has 4 heteroatoms. The SMILES string of the molecule is Cc1ccc(-c2cc(-c3ccccc3)nc3ncnn23)cc1. The standard InChI is InChI=1S/C18H14N4/c1-13-7-9-15(10-8-13)17-11-16(14-5-3-2-4-6-14)21-18-19-12-20-22(17)18/h2-12H,1H3. The molecule has 0 bridgehead atoms. The predicted molar refractivity (Wildman–Crippen MR) is 86.4 cm³/mol. The molecule has 0 saturated heterocycles. The zero-order valence-electron chi connectivity index (χ0n) is 12.1. The number of aromatic nitrogens is 4. The lowest BCUT2D eigenvalue weighted by Gasteiger charge is -2.08. The third-order valence-electron chi connectivity index (χ3n) is 3.67. The van der Waals surface area contributed by atoms with Crippen molar-refractivity contribution < 1.29 is 0 Å². The molecule has 2 heterocycles. The number of fused-ring (bicyclic) bond motifs is 1. The summed E-state index contributed by atoms with van der Waals surface area (Å²) in [5.74, 6) is 0.608. The van der Waals surface area contributed by atoms with Gasteiger partial charge < -0.3 is 0 Å². The van der Waals surface area contributed by atoms with Crippen LogP contribution in [0.5, 0.6) is 0 Å². The summed E-state index contributed by atoms with van der Waals surface area (Å²) in [6.45, 7) is 2.08. The van der Waals surface area contributed by atoms with Crippen molar-refractivity contribution in [2.45, 2.75) is 6.92 Å². The molecule has 0 spiro atoms. The molecule has 0 atom stereocenters. The first-order valence-corrected chi connectivity index (χ1v) is 7.14. The summed E-state index contributed by atoms with van der Waals surface area (Å²) in [5, 5.41) is 4.30. The topological polar surface area (TPSA) is 43.1 Å². The lowest BCUT2D eigenvalue weighted by molar-refractivity contribution is 0.949. The Bertz CT molecular complexity index is 924. The van der Waals surface area contributed by atoms with E-state index < -0.39 is 0 Å². The van der Waals surface area contributed by atoms with E-state index in [1.807, 2.05) is 30.3 Å². The first kappa shape index (κ1) is 12.7. The van der Waals surface area contributed by atoms with Crippen molar-refractivity contribution in [2.24, 2.45) is 0 Å². The molecule has 4 nitrogen and oxygen atoms in total. The maximum absolute atomic E-state index is 4.60. The van der Waals surface area contributed by atoms with E-state index in [9.17, 15) is 0 Å². The van der Waals surface area contributed by atoms with Crippen molar-refractivity contribution >= 4 is 5.78 Å². The second-order valence-corrected chi connectivity index (χ2v) is 5.23. The van der Waals surface area contributed by atoms with Crippen LogP contribution in [0.1, 0.15) is 5.56 Å². The van der Waals surface area contributed by atoms with E-state index in [2.05, 4.69) is 52.3 Å². The Hall–Kier alpha value is -3.01. The van der Waals surface area contributed by atoms with Gasteiger partial charge in [-0.15, -0.1) is 0 Å². The second kappa shape index (κ2) is 5.07. The average Bonchev–Trinajstić information content (AvgIpc) is 3.04. The van der Waals surface area contributed by atoms with Gasteiger partial charge in [-0.05, 0) is 13.0 Å². The minimum Gasteiger partial charge on any atom is -0.211 e. The highest BCUT2D eigenvalue weighted by molar-refractivity contribution is 5.70. The van der Waals surface area contributed by atoms with Crippen LogP contribution < -0.4 is 0 Å². The summed E-state index contributed by atoms with van der Waals surface area (Å²) in [6.07, 6.45) is 1.54. The van der Waals surface area contributed by atoms with Gasteiger partial charge in [-0.1, -0.05) is 60.2 Å². The smallest absolute Gasteiger partial charge is 0.211 e. The van der Waals surface area contributed by atoms with Crippen LogP contribution in [-0.4, -0.2) is 19.6 Å². The summed E-state index contributed by atoms with van der Waals surface area (Å²) >= 11 is 0. The molecule has 2 aromatic heterocycles. The molecule has 4 aromatic rings. The number of rotatable bonds is 2. The largest absolute Gasteiger partial charge is 0.253 e. The highest BCUT2D eigenvalue weighted by Crippen LogP contribution is 2.25. The summed E-state index contributed by atoms with van der Waals surface area (Å²) in [4.78, 5) is 8.85. The molecule has 2 aromatic carbocycles. The molecule has 0 radical (unpaired) electrons. The van der Waals surface area contributed by atoms with E-state index in [4.69, 9.17) is 0 Å². The van der Waals surface area contributed by atoms with Crippen molar-refractivity contribution in [3.05, 3.63) is 72.6 Å². The quantitative estimate of drug-likeness (QED) is 0.563. The van der Waals surface area contributed by atoms with Crippen molar-refractivity contribution in [3.8, 4) is 22.5 Å². The number of aryl methyl sites for hydroxylation is 1. The van der Waals surface area contributed by atoms with E-state index in [0.29, 0.717) is 5.78 Å². The average molecular weight is 286 g/mol. The second-order valence-electron chi connectivity index (χ2n) is 5.23. The fourth-order valence-electron chi connectivity index (χ4n) is 2.50. The zero-order valence-corrected chi connectivity index (χ0v) is 12.1. The van der Waals surface area contributed by atoms with Crippen molar-refractivity contribution in [1.82, 2.24) is 19.6 Å². The van der Waals surface area contributed by atoms with Gasteiger partial charge in [0.05, 0.1) is 11.4 Å².